The molecule has 0 saturated heterocycles. The van der Waals surface area contributed by atoms with Gasteiger partial charge in [-0.1, -0.05) is 77.8 Å². The fraction of sp³-hybridized carbons (Fsp3) is 0.167. The van der Waals surface area contributed by atoms with E-state index in [-0.39, 0.29) is 17.4 Å². The van der Waals surface area contributed by atoms with E-state index >= 15 is 35.1 Å². The molecule has 0 aliphatic carbocycles. The van der Waals surface area contributed by atoms with Gasteiger partial charge < -0.3 is 18.1 Å². The van der Waals surface area contributed by atoms with Crippen molar-refractivity contribution in [2.45, 2.75) is 39.3 Å². The Balaban J connectivity index is 1.53. The summed E-state index contributed by atoms with van der Waals surface area (Å²) in [4.78, 5) is 14.0. The van der Waals surface area contributed by atoms with Crippen molar-refractivity contribution in [2.75, 3.05) is 0 Å². The van der Waals surface area contributed by atoms with Crippen molar-refractivity contribution in [3.05, 3.63) is 111 Å². The topological polar surface area (TPSA) is 59.2 Å². The van der Waals surface area contributed by atoms with E-state index in [4.69, 9.17) is 14.6 Å². The van der Waals surface area contributed by atoms with Gasteiger partial charge in [0.1, 0.15) is 11.3 Å². The van der Waals surface area contributed by atoms with Gasteiger partial charge in [0.25, 0.3) is 0 Å². The molecule has 4 aliphatic heterocycles. The minimum Gasteiger partial charge on any atom is -0.648 e. The highest BCUT2D eigenvalue weighted by Crippen LogP contribution is 2.49. The summed E-state index contributed by atoms with van der Waals surface area (Å²) in [6, 6.07) is 12.0. The molecular weight excluding hydrogens is 751 g/mol. The molecule has 0 radical (unpaired) electrons. The zero-order valence-electron chi connectivity index (χ0n) is 29.2. The van der Waals surface area contributed by atoms with Crippen LogP contribution in [0.2, 0.25) is 39.3 Å². The second-order valence-electron chi connectivity index (χ2n) is 15.9. The quantitative estimate of drug-likeness (QED) is 0.0877. The molecule has 1 unspecified atom stereocenters. The summed E-state index contributed by atoms with van der Waals surface area (Å²) in [6.45, 7) is 9.54. The molecule has 272 valence electrons. The highest BCUT2D eigenvalue weighted by molar-refractivity contribution is 6.98. The van der Waals surface area contributed by atoms with Crippen LogP contribution in [0.25, 0.3) is 21.5 Å². The van der Waals surface area contributed by atoms with Crippen LogP contribution in [0, 0.1) is 46.5 Å². The molecular formula is C36H25BF8N6OSi2. The first-order valence-corrected chi connectivity index (χ1v) is 24.0. The zero-order valence-corrected chi connectivity index (χ0v) is 31.2. The van der Waals surface area contributed by atoms with Gasteiger partial charge >= 0.3 is 6.75 Å². The van der Waals surface area contributed by atoms with E-state index < -0.39 is 114 Å². The molecule has 0 bridgehead atoms. The number of amidine groups is 2. The van der Waals surface area contributed by atoms with Gasteiger partial charge in [0, 0.05) is 0 Å². The van der Waals surface area contributed by atoms with E-state index in [2.05, 4.69) is 44.3 Å². The van der Waals surface area contributed by atoms with Crippen LogP contribution in [-0.2, 0) is 0 Å². The van der Waals surface area contributed by atoms with Crippen molar-refractivity contribution < 1.29 is 44.3 Å². The number of para-hydroxylation sites is 1. The molecule has 6 heterocycles. The summed E-state index contributed by atoms with van der Waals surface area (Å²) in [6.07, 6.45) is 0. The van der Waals surface area contributed by atoms with E-state index in [9.17, 15) is 0 Å². The third-order valence-electron chi connectivity index (χ3n) is 10.7. The van der Waals surface area contributed by atoms with E-state index in [1.807, 2.05) is 12.1 Å². The molecule has 0 saturated carbocycles. The number of fused-ring (bicyclic) bond motifs is 9. The molecule has 0 spiro atoms. The second-order valence-corrected chi connectivity index (χ2v) is 26.0. The van der Waals surface area contributed by atoms with Crippen LogP contribution < -0.4 is 26.0 Å². The van der Waals surface area contributed by atoms with E-state index in [0.29, 0.717) is 11.1 Å². The summed E-state index contributed by atoms with van der Waals surface area (Å²) >= 11 is 0. The number of nitrogens with zero attached hydrogens (tertiary/aromatic N) is 6. The Hall–Kier alpha value is -5.36. The number of aliphatic imine (C=N–C) groups is 1. The van der Waals surface area contributed by atoms with Crippen molar-refractivity contribution >= 4 is 78.1 Å². The van der Waals surface area contributed by atoms with Crippen molar-refractivity contribution in [3.8, 4) is 5.75 Å². The zero-order chi connectivity index (χ0) is 38.3. The minimum atomic E-state index is -3.48. The molecule has 2 aromatic heterocycles. The van der Waals surface area contributed by atoms with Gasteiger partial charge in [0.2, 0.25) is 11.7 Å². The Kier molecular flexibility index (Phi) is 6.17. The fourth-order valence-corrected chi connectivity index (χ4v) is 13.6. The maximum atomic E-state index is 16.2. The third kappa shape index (κ3) is 3.72. The van der Waals surface area contributed by atoms with Crippen LogP contribution >= 0.6 is 0 Å². The summed E-state index contributed by atoms with van der Waals surface area (Å²) < 4.78 is 136. The van der Waals surface area contributed by atoms with Crippen LogP contribution in [0.3, 0.4) is 0 Å². The molecule has 10 rings (SSSR count). The summed E-state index contributed by atoms with van der Waals surface area (Å²) in [7, 11) is -4.29. The molecule has 0 N–H and O–H groups in total. The van der Waals surface area contributed by atoms with Gasteiger partial charge in [-0.15, -0.1) is 0 Å². The molecule has 0 fully saturated rings. The molecule has 7 nitrogen and oxygen atoms in total. The van der Waals surface area contributed by atoms with E-state index in [1.165, 1.54) is 4.49 Å². The summed E-state index contributed by atoms with van der Waals surface area (Å²) in [5, 5.41) is -1.18. The maximum absolute atomic E-state index is 16.2. The molecule has 54 heavy (non-hydrogen) atoms. The smallest absolute Gasteiger partial charge is 0.568 e. The second kappa shape index (κ2) is 10.0. The van der Waals surface area contributed by atoms with E-state index in [1.54, 1.807) is 30.3 Å². The highest BCUT2D eigenvalue weighted by Gasteiger charge is 2.60. The predicted molar refractivity (Wildman–Crippen MR) is 192 cm³/mol. The van der Waals surface area contributed by atoms with Gasteiger partial charge in [-0.05, 0) is 24.3 Å². The lowest BCUT2D eigenvalue weighted by Crippen LogP contribution is -2.75. The van der Waals surface area contributed by atoms with Crippen molar-refractivity contribution in [1.29, 1.82) is 0 Å². The Morgan fingerprint density at radius 2 is 1.02 bits per heavy atom. The number of hydrogen-bond acceptors (Lipinski definition) is 4. The van der Waals surface area contributed by atoms with Gasteiger partial charge in [0.05, 0.1) is 54.6 Å². The maximum Gasteiger partial charge on any atom is 0.568 e. The summed E-state index contributed by atoms with van der Waals surface area (Å²) in [5.74, 6) is -16.5. The van der Waals surface area contributed by atoms with Crippen molar-refractivity contribution in [3.63, 3.8) is 0 Å². The van der Waals surface area contributed by atoms with Crippen molar-refractivity contribution in [1.82, 2.24) is 8.96 Å². The molecule has 4 aromatic carbocycles. The monoisotopic (exact) mass is 776 g/mol. The van der Waals surface area contributed by atoms with Crippen LogP contribution in [0.4, 0.5) is 46.8 Å². The first-order chi connectivity index (χ1) is 25.4. The predicted octanol–water partition coefficient (Wildman–Crippen LogP) is 6.47. The lowest BCUT2D eigenvalue weighted by atomic mass is 9.75. The number of benzene rings is 4. The Morgan fingerprint density at radius 3 is 1.54 bits per heavy atom. The standard InChI is InChI=1S/C36H25BF8N6OSi2/c1-53(2,3)17-12-15-16(13-18(17)54(4,5)6)32-47-34-20-22(26(41)30(45)28(43)24(20)39)36-48-35-21-19(23(38)27(42)29(44)25(21)40)33-46-31(15)49(32)37(50(33)35,51(34)36)52-14-10-8-7-9-11-14/h7-13H,1-6H3. The first kappa shape index (κ1) is 33.2. The Morgan fingerprint density at radius 1 is 0.556 bits per heavy atom. The fourth-order valence-electron chi connectivity index (χ4n) is 8.47. The normalized spacial score (nSPS) is 17.9. The lowest BCUT2D eigenvalue weighted by Gasteiger charge is -2.47. The van der Waals surface area contributed by atoms with Crippen molar-refractivity contribution in [2.24, 2.45) is 15.0 Å². The average molecular weight is 777 g/mol. The van der Waals surface area contributed by atoms with Crippen LogP contribution in [0.5, 0.6) is 5.75 Å². The SMILES string of the molecule is C[Si](C)(C)c1cc2c(cc1[Si](C)(C)C)C1=[N+]3C2=Nc2c4c(F)c(F)c(F)c(F)c4c4n2[B-]3(Oc2ccccc2)n2c(c3c(F)c(F)c(F)c(F)c3c2=N4)=N1. The Bertz CT molecular complexity index is 3040. The van der Waals surface area contributed by atoms with Gasteiger partial charge in [-0.25, -0.2) is 40.1 Å². The number of hydrogen-bond donors (Lipinski definition) is 0. The van der Waals surface area contributed by atoms with E-state index in [0.717, 1.165) is 19.3 Å². The molecule has 6 aromatic rings. The highest BCUT2D eigenvalue weighted by atomic mass is 28.3. The molecule has 4 aliphatic rings. The van der Waals surface area contributed by atoms with Gasteiger partial charge in [-0.2, -0.15) is 0 Å². The molecule has 18 heteroatoms. The lowest BCUT2D eigenvalue weighted by molar-refractivity contribution is -0.291. The van der Waals surface area contributed by atoms with Crippen LogP contribution in [-0.4, -0.2) is 48.0 Å². The van der Waals surface area contributed by atoms with Crippen LogP contribution in [0.15, 0.2) is 57.4 Å². The first-order valence-electron chi connectivity index (χ1n) is 17.0. The van der Waals surface area contributed by atoms with Gasteiger partial charge in [0.15, 0.2) is 57.8 Å². The largest absolute Gasteiger partial charge is 0.648 e. The van der Waals surface area contributed by atoms with Crippen LogP contribution in [0.1, 0.15) is 11.1 Å². The summed E-state index contributed by atoms with van der Waals surface area (Å²) in [5.41, 5.74) is -0.106. The average Bonchev–Trinajstić information content (AvgIpc) is 3.75. The number of aromatic nitrogens is 2. The number of rotatable bonds is 4. The van der Waals surface area contributed by atoms with Gasteiger partial charge in [-0.3, -0.25) is 0 Å². The Labute approximate surface area is 301 Å². The third-order valence-corrected chi connectivity index (χ3v) is 15.0. The number of halogens is 8. The molecule has 1 atom stereocenters. The minimum absolute atomic E-state index is 0.0823. The molecule has 0 amide bonds.